The lowest BCUT2D eigenvalue weighted by molar-refractivity contribution is -0.141. The van der Waals surface area contributed by atoms with Crippen LogP contribution >= 0.6 is 11.6 Å². The van der Waals surface area contributed by atoms with Gasteiger partial charge in [-0.3, -0.25) is 14.8 Å². The number of pyridine rings is 2. The van der Waals surface area contributed by atoms with Crippen LogP contribution in [0.25, 0.3) is 11.3 Å². The summed E-state index contributed by atoms with van der Waals surface area (Å²) in [6, 6.07) is 9.60. The van der Waals surface area contributed by atoms with Gasteiger partial charge in [0.2, 0.25) is 5.88 Å². The van der Waals surface area contributed by atoms with E-state index in [1.165, 1.54) is 48.9 Å². The molecule has 0 radical (unpaired) electrons. The number of carbonyl (C=O) groups excluding carboxylic acids is 1. The Hall–Kier alpha value is -4.05. The minimum atomic E-state index is -4.59. The van der Waals surface area contributed by atoms with Crippen molar-refractivity contribution in [1.82, 2.24) is 19.9 Å². The number of nitrogens with zero attached hydrogens (tertiary/aromatic N) is 4. The highest BCUT2D eigenvalue weighted by Crippen LogP contribution is 2.33. The van der Waals surface area contributed by atoms with E-state index in [4.69, 9.17) is 16.3 Å². The van der Waals surface area contributed by atoms with Crippen molar-refractivity contribution in [3.8, 4) is 22.9 Å². The largest absolute Gasteiger partial charge is 0.439 e. The third-order valence-electron chi connectivity index (χ3n) is 4.63. The van der Waals surface area contributed by atoms with Crippen LogP contribution in [0.15, 0.2) is 67.3 Å². The van der Waals surface area contributed by atoms with Crippen LogP contribution in [-0.2, 0) is 6.18 Å². The minimum absolute atomic E-state index is 0.206. The smallest absolute Gasteiger partial charge is 0.433 e. The van der Waals surface area contributed by atoms with E-state index in [1.807, 2.05) is 0 Å². The van der Waals surface area contributed by atoms with Gasteiger partial charge in [0.25, 0.3) is 5.91 Å². The Balaban J connectivity index is 1.53. The van der Waals surface area contributed by atoms with Gasteiger partial charge in [-0.25, -0.2) is 9.97 Å². The first kappa shape index (κ1) is 23.1. The SMILES string of the molecule is Cc1ccncc1C(=O)Nc1cnc(-c2cc(Oc3cccc(C(F)(F)F)n3)ccc2Cl)cn1. The summed E-state index contributed by atoms with van der Waals surface area (Å²) in [5.41, 5.74) is 0.896. The molecule has 1 amide bonds. The molecule has 0 saturated carbocycles. The first-order chi connectivity index (χ1) is 16.2. The summed E-state index contributed by atoms with van der Waals surface area (Å²) in [6.07, 6.45) is 1.21. The Morgan fingerprint density at radius 1 is 1.06 bits per heavy atom. The second kappa shape index (κ2) is 9.44. The number of aromatic nitrogens is 4. The average Bonchev–Trinajstić information content (AvgIpc) is 2.81. The molecule has 3 aromatic heterocycles. The maximum absolute atomic E-state index is 12.9. The quantitative estimate of drug-likeness (QED) is 0.375. The van der Waals surface area contributed by atoms with Crippen LogP contribution in [0.4, 0.5) is 19.0 Å². The molecule has 34 heavy (non-hydrogen) atoms. The molecular weight excluding hydrogens is 471 g/mol. The van der Waals surface area contributed by atoms with Crippen molar-refractivity contribution in [3.63, 3.8) is 0 Å². The molecule has 0 unspecified atom stereocenters. The third kappa shape index (κ3) is 5.29. The number of carbonyl (C=O) groups is 1. The summed E-state index contributed by atoms with van der Waals surface area (Å²) in [6.45, 7) is 1.79. The lowest BCUT2D eigenvalue weighted by atomic mass is 10.1. The van der Waals surface area contributed by atoms with Gasteiger partial charge < -0.3 is 10.1 Å². The lowest BCUT2D eigenvalue weighted by Crippen LogP contribution is -2.14. The Kier molecular flexibility index (Phi) is 6.42. The van der Waals surface area contributed by atoms with Gasteiger partial charge in [-0.2, -0.15) is 13.2 Å². The molecular formula is C23H15ClF3N5O2. The Bertz CT molecular complexity index is 1350. The number of benzene rings is 1. The van der Waals surface area contributed by atoms with E-state index in [9.17, 15) is 18.0 Å². The predicted molar refractivity (Wildman–Crippen MR) is 119 cm³/mol. The van der Waals surface area contributed by atoms with E-state index in [1.54, 1.807) is 19.2 Å². The minimum Gasteiger partial charge on any atom is -0.439 e. The number of anilines is 1. The van der Waals surface area contributed by atoms with Crippen LogP contribution in [-0.4, -0.2) is 25.8 Å². The van der Waals surface area contributed by atoms with Crippen molar-refractivity contribution in [1.29, 1.82) is 0 Å². The zero-order valence-corrected chi connectivity index (χ0v) is 18.2. The molecule has 1 N–H and O–H groups in total. The molecule has 1 aromatic carbocycles. The zero-order chi connectivity index (χ0) is 24.3. The number of halogens is 4. The molecule has 7 nitrogen and oxygen atoms in total. The van der Waals surface area contributed by atoms with E-state index in [-0.39, 0.29) is 23.4 Å². The third-order valence-corrected chi connectivity index (χ3v) is 4.96. The first-order valence-electron chi connectivity index (χ1n) is 9.77. The molecule has 0 saturated heterocycles. The van der Waals surface area contributed by atoms with Crippen molar-refractivity contribution in [3.05, 3.63) is 89.1 Å². The van der Waals surface area contributed by atoms with Gasteiger partial charge in [0, 0.05) is 24.0 Å². The predicted octanol–water partition coefficient (Wildman–Crippen LogP) is 5.96. The van der Waals surface area contributed by atoms with Crippen LogP contribution in [0.5, 0.6) is 11.6 Å². The second-order valence-electron chi connectivity index (χ2n) is 7.03. The number of amides is 1. The van der Waals surface area contributed by atoms with Crippen molar-refractivity contribution in [2.75, 3.05) is 5.32 Å². The van der Waals surface area contributed by atoms with E-state index >= 15 is 0 Å². The highest BCUT2D eigenvalue weighted by Gasteiger charge is 2.32. The van der Waals surface area contributed by atoms with E-state index in [0.717, 1.165) is 11.6 Å². The molecule has 3 heterocycles. The number of rotatable bonds is 5. The van der Waals surface area contributed by atoms with Gasteiger partial charge in [-0.15, -0.1) is 0 Å². The molecule has 11 heteroatoms. The number of hydrogen-bond donors (Lipinski definition) is 1. The number of ether oxygens (including phenoxy) is 1. The molecule has 0 aliphatic heterocycles. The highest BCUT2D eigenvalue weighted by molar-refractivity contribution is 6.33. The van der Waals surface area contributed by atoms with Gasteiger partial charge >= 0.3 is 6.18 Å². The van der Waals surface area contributed by atoms with Crippen molar-refractivity contribution >= 4 is 23.3 Å². The van der Waals surface area contributed by atoms with E-state index in [2.05, 4.69) is 25.3 Å². The van der Waals surface area contributed by atoms with Crippen molar-refractivity contribution in [2.45, 2.75) is 13.1 Å². The maximum atomic E-state index is 12.9. The topological polar surface area (TPSA) is 89.9 Å². The zero-order valence-electron chi connectivity index (χ0n) is 17.5. The molecule has 0 fully saturated rings. The molecule has 0 aliphatic rings. The molecule has 4 aromatic rings. The molecule has 0 atom stereocenters. The molecule has 0 aliphatic carbocycles. The van der Waals surface area contributed by atoms with Gasteiger partial charge in [-0.1, -0.05) is 17.7 Å². The highest BCUT2D eigenvalue weighted by atomic mass is 35.5. The number of nitrogens with one attached hydrogen (secondary N) is 1. The lowest BCUT2D eigenvalue weighted by Gasteiger charge is -2.11. The standard InChI is InChI=1S/C23H15ClF3N5O2/c1-13-7-8-28-10-16(13)22(33)32-20-12-29-18(11-30-20)15-9-14(5-6-17(15)24)34-21-4-2-3-19(31-21)23(25,26)27/h2-12H,1H3,(H,30,32,33). The number of hydrogen-bond acceptors (Lipinski definition) is 6. The first-order valence-corrected chi connectivity index (χ1v) is 10.1. The number of aryl methyl sites for hydroxylation is 1. The summed E-state index contributed by atoms with van der Waals surface area (Å²) in [5, 5.41) is 2.96. The molecule has 172 valence electrons. The van der Waals surface area contributed by atoms with Crippen LogP contribution in [0, 0.1) is 6.92 Å². The van der Waals surface area contributed by atoms with Gasteiger partial charge in [0.15, 0.2) is 5.82 Å². The molecule has 4 rings (SSSR count). The summed E-state index contributed by atoms with van der Waals surface area (Å²) in [5.74, 6) is -0.182. The Labute approximate surface area is 196 Å². The fourth-order valence-electron chi connectivity index (χ4n) is 2.93. The van der Waals surface area contributed by atoms with Crippen LogP contribution in [0.3, 0.4) is 0 Å². The summed E-state index contributed by atoms with van der Waals surface area (Å²) in [4.78, 5) is 28.3. The van der Waals surface area contributed by atoms with Gasteiger partial charge in [0.05, 0.1) is 28.7 Å². The number of alkyl halides is 3. The Morgan fingerprint density at radius 2 is 1.88 bits per heavy atom. The summed E-state index contributed by atoms with van der Waals surface area (Å²) >= 11 is 6.28. The van der Waals surface area contributed by atoms with E-state index in [0.29, 0.717) is 21.8 Å². The summed E-state index contributed by atoms with van der Waals surface area (Å²) < 4.78 is 44.2. The average molecular weight is 486 g/mol. The Morgan fingerprint density at radius 3 is 2.59 bits per heavy atom. The molecule has 0 spiro atoms. The van der Waals surface area contributed by atoms with Crippen LogP contribution in [0.2, 0.25) is 5.02 Å². The molecule has 0 bridgehead atoms. The van der Waals surface area contributed by atoms with E-state index < -0.39 is 11.9 Å². The van der Waals surface area contributed by atoms with Gasteiger partial charge in [0.1, 0.15) is 11.4 Å². The monoisotopic (exact) mass is 485 g/mol. The van der Waals surface area contributed by atoms with Crippen molar-refractivity contribution < 1.29 is 22.7 Å². The van der Waals surface area contributed by atoms with Crippen molar-refractivity contribution in [2.24, 2.45) is 0 Å². The fraction of sp³-hybridized carbons (Fsp3) is 0.0870. The second-order valence-corrected chi connectivity index (χ2v) is 7.44. The van der Waals surface area contributed by atoms with Crippen LogP contribution < -0.4 is 10.1 Å². The van der Waals surface area contributed by atoms with Crippen LogP contribution in [0.1, 0.15) is 21.6 Å². The summed E-state index contributed by atoms with van der Waals surface area (Å²) in [7, 11) is 0. The fourth-order valence-corrected chi connectivity index (χ4v) is 3.15. The van der Waals surface area contributed by atoms with Gasteiger partial charge in [-0.05, 0) is 42.8 Å². The maximum Gasteiger partial charge on any atom is 0.433 e. The normalized spacial score (nSPS) is 11.2.